The van der Waals surface area contributed by atoms with E-state index in [1.165, 1.54) is 12.1 Å². The van der Waals surface area contributed by atoms with Crippen molar-refractivity contribution < 1.29 is 19.2 Å². The lowest BCUT2D eigenvalue weighted by Crippen LogP contribution is -2.28. The highest BCUT2D eigenvalue weighted by Gasteiger charge is 2.35. The highest BCUT2D eigenvalue weighted by molar-refractivity contribution is 6.10. The van der Waals surface area contributed by atoms with Gasteiger partial charge in [0.25, 0.3) is 0 Å². The molecule has 26 heavy (non-hydrogen) atoms. The van der Waals surface area contributed by atoms with Crippen LogP contribution in [0.1, 0.15) is 62.0 Å². The van der Waals surface area contributed by atoms with Crippen LogP contribution in [0.2, 0.25) is 0 Å². The maximum atomic E-state index is 13.8. The molecule has 1 heterocycles. The third-order valence-corrected chi connectivity index (χ3v) is 5.11. The fraction of sp³-hybridized carbons (Fsp3) is 0.500. The Bertz CT molecular complexity index is 854. The molecule has 0 saturated carbocycles. The molecule has 0 saturated heterocycles. The number of amides is 1. The summed E-state index contributed by atoms with van der Waals surface area (Å²) in [5, 5.41) is 9.36. The predicted molar refractivity (Wildman–Crippen MR) is 96.7 cm³/mol. The lowest BCUT2D eigenvalue weighted by Gasteiger charge is -2.29. The van der Waals surface area contributed by atoms with Gasteiger partial charge in [0, 0.05) is 36.0 Å². The Labute approximate surface area is 152 Å². The molecule has 1 aliphatic rings. The van der Waals surface area contributed by atoms with Gasteiger partial charge in [0.1, 0.15) is 5.82 Å². The van der Waals surface area contributed by atoms with E-state index in [-0.39, 0.29) is 29.3 Å². The van der Waals surface area contributed by atoms with Gasteiger partial charge >= 0.3 is 0 Å². The van der Waals surface area contributed by atoms with Gasteiger partial charge in [-0.15, -0.1) is 0 Å². The molecule has 5 nitrogen and oxygen atoms in total. The molecule has 0 unspecified atom stereocenters. The zero-order valence-electron chi connectivity index (χ0n) is 15.3. The molecule has 1 aromatic heterocycles. The smallest absolute Gasteiger partial charge is 0.243 e. The van der Waals surface area contributed by atoms with Gasteiger partial charge < -0.3 is 4.57 Å². The normalized spacial score (nSPS) is 15.9. The molecule has 0 fully saturated rings. The molecular formula is C20H25FN2O3. The molecule has 2 N–H and O–H groups in total. The molecule has 1 aliphatic carbocycles. The number of nitrogens with one attached hydrogen (secondary N) is 1. The van der Waals surface area contributed by atoms with Crippen LogP contribution < -0.4 is 5.48 Å². The van der Waals surface area contributed by atoms with Crippen LogP contribution >= 0.6 is 0 Å². The number of nitrogens with zero attached hydrogens (tertiary/aromatic N) is 1. The van der Waals surface area contributed by atoms with Gasteiger partial charge in [0.05, 0.1) is 5.52 Å². The third kappa shape index (κ3) is 3.65. The van der Waals surface area contributed by atoms with Gasteiger partial charge in [-0.2, -0.15) is 0 Å². The maximum absolute atomic E-state index is 13.8. The number of carbonyl (C=O) groups is 2. The average Bonchev–Trinajstić information content (AvgIpc) is 2.86. The number of carbonyl (C=O) groups excluding carboxylic acids is 2. The minimum atomic E-state index is -0.386. The van der Waals surface area contributed by atoms with E-state index < -0.39 is 0 Å². The first-order valence-electron chi connectivity index (χ1n) is 9.09. The van der Waals surface area contributed by atoms with Crippen LogP contribution in [0.4, 0.5) is 4.39 Å². The van der Waals surface area contributed by atoms with E-state index >= 15 is 0 Å². The Hall–Kier alpha value is -2.21. The van der Waals surface area contributed by atoms with E-state index in [1.54, 1.807) is 11.5 Å². The second-order valence-corrected chi connectivity index (χ2v) is 7.92. The van der Waals surface area contributed by atoms with Crippen molar-refractivity contribution in [1.29, 1.82) is 0 Å². The van der Waals surface area contributed by atoms with Crippen LogP contribution in [0.3, 0.4) is 0 Å². The van der Waals surface area contributed by atoms with Gasteiger partial charge in [0.2, 0.25) is 5.91 Å². The molecule has 140 valence electrons. The number of Topliss-reactive ketones (excluding diaryl/α,β-unsaturated/α-hetero) is 1. The fourth-order valence-corrected chi connectivity index (χ4v) is 3.95. The highest BCUT2D eigenvalue weighted by Crippen LogP contribution is 2.40. The quantitative estimate of drug-likeness (QED) is 0.465. The van der Waals surface area contributed by atoms with Crippen molar-refractivity contribution in [3.05, 3.63) is 35.3 Å². The molecule has 0 bridgehead atoms. The van der Waals surface area contributed by atoms with E-state index in [0.717, 1.165) is 41.4 Å². The number of benzene rings is 1. The van der Waals surface area contributed by atoms with Crippen LogP contribution in [-0.2, 0) is 17.8 Å². The Morgan fingerprint density at radius 2 is 2.04 bits per heavy atom. The van der Waals surface area contributed by atoms with Crippen molar-refractivity contribution in [3.8, 4) is 0 Å². The van der Waals surface area contributed by atoms with Crippen LogP contribution in [-0.4, -0.2) is 21.5 Å². The average molecular weight is 360 g/mol. The number of halogens is 1. The van der Waals surface area contributed by atoms with Crippen molar-refractivity contribution in [1.82, 2.24) is 10.0 Å². The second kappa shape index (κ2) is 7.19. The predicted octanol–water partition coefficient (Wildman–Crippen LogP) is 4.00. The van der Waals surface area contributed by atoms with Gasteiger partial charge in [-0.05, 0) is 42.9 Å². The third-order valence-electron chi connectivity index (χ3n) is 5.11. The van der Waals surface area contributed by atoms with E-state index in [9.17, 15) is 14.0 Å². The number of rotatable bonds is 6. The molecule has 0 aliphatic heterocycles. The number of hydrogen-bond acceptors (Lipinski definition) is 3. The number of hydrogen-bond donors (Lipinski definition) is 2. The van der Waals surface area contributed by atoms with E-state index in [2.05, 4.69) is 18.4 Å². The maximum Gasteiger partial charge on any atom is 0.243 e. The zero-order chi connectivity index (χ0) is 18.9. The Morgan fingerprint density at radius 3 is 2.77 bits per heavy atom. The Kier molecular flexibility index (Phi) is 5.14. The summed E-state index contributed by atoms with van der Waals surface area (Å²) in [5.41, 5.74) is 4.05. The molecule has 0 spiro atoms. The number of ketones is 1. The molecule has 0 radical (unpaired) electrons. The van der Waals surface area contributed by atoms with Crippen LogP contribution in [0.5, 0.6) is 0 Å². The highest BCUT2D eigenvalue weighted by atomic mass is 19.1. The topological polar surface area (TPSA) is 71.3 Å². The van der Waals surface area contributed by atoms with Crippen LogP contribution in [0.25, 0.3) is 10.9 Å². The summed E-state index contributed by atoms with van der Waals surface area (Å²) in [6, 6.07) is 4.63. The van der Waals surface area contributed by atoms with Crippen molar-refractivity contribution in [3.63, 3.8) is 0 Å². The number of hydroxylamine groups is 1. The number of unbranched alkanes of at least 4 members (excludes halogenated alkanes) is 2. The summed E-state index contributed by atoms with van der Waals surface area (Å²) in [5.74, 6) is -0.561. The minimum absolute atomic E-state index is 0.103. The number of aromatic nitrogens is 1. The van der Waals surface area contributed by atoms with Crippen LogP contribution in [0, 0.1) is 11.2 Å². The first kappa shape index (κ1) is 18.6. The van der Waals surface area contributed by atoms with Crippen molar-refractivity contribution in [2.24, 2.45) is 5.41 Å². The molecule has 1 amide bonds. The van der Waals surface area contributed by atoms with Gasteiger partial charge in [-0.1, -0.05) is 20.3 Å². The molecular weight excluding hydrogens is 335 g/mol. The summed E-state index contributed by atoms with van der Waals surface area (Å²) < 4.78 is 15.9. The summed E-state index contributed by atoms with van der Waals surface area (Å²) in [4.78, 5) is 23.8. The largest absolute Gasteiger partial charge is 0.344 e. The second-order valence-electron chi connectivity index (χ2n) is 7.92. The van der Waals surface area contributed by atoms with E-state index in [0.29, 0.717) is 19.4 Å². The first-order chi connectivity index (χ1) is 12.3. The van der Waals surface area contributed by atoms with Crippen molar-refractivity contribution >= 4 is 22.6 Å². The Morgan fingerprint density at radius 1 is 1.27 bits per heavy atom. The Balaban J connectivity index is 1.88. The van der Waals surface area contributed by atoms with E-state index in [1.807, 2.05) is 0 Å². The number of fused-ring (bicyclic) bond motifs is 3. The summed E-state index contributed by atoms with van der Waals surface area (Å²) in [7, 11) is 0. The molecule has 1 aromatic carbocycles. The molecule has 3 rings (SSSR count). The zero-order valence-corrected chi connectivity index (χ0v) is 15.3. The summed E-state index contributed by atoms with van der Waals surface area (Å²) in [6.45, 7) is 4.85. The molecule has 2 aromatic rings. The molecule has 0 atom stereocenters. The summed E-state index contributed by atoms with van der Waals surface area (Å²) >= 11 is 0. The standard InChI is InChI=1S/C20H25FN2O3/c1-20(2)11-16-19(17(24)12-20)14-8-7-13(21)10-15(14)23(16)9-5-3-4-6-18(25)22-26/h7-8,10,26H,3-6,9,11-12H2,1-2H3,(H,22,25). The number of aryl methyl sites for hydroxylation is 1. The monoisotopic (exact) mass is 360 g/mol. The van der Waals surface area contributed by atoms with E-state index in [4.69, 9.17) is 5.21 Å². The fourth-order valence-electron chi connectivity index (χ4n) is 3.95. The van der Waals surface area contributed by atoms with Crippen molar-refractivity contribution in [2.75, 3.05) is 0 Å². The van der Waals surface area contributed by atoms with Crippen molar-refractivity contribution in [2.45, 2.75) is 58.9 Å². The van der Waals surface area contributed by atoms with Gasteiger partial charge in [-0.25, -0.2) is 9.87 Å². The van der Waals surface area contributed by atoms with Gasteiger partial charge in [-0.3, -0.25) is 14.8 Å². The minimum Gasteiger partial charge on any atom is -0.344 e. The first-order valence-corrected chi connectivity index (χ1v) is 9.09. The van der Waals surface area contributed by atoms with Crippen LogP contribution in [0.15, 0.2) is 18.2 Å². The summed E-state index contributed by atoms with van der Waals surface area (Å²) in [6.07, 6.45) is 3.88. The molecule has 6 heteroatoms. The lowest BCUT2D eigenvalue weighted by atomic mass is 9.75. The lowest BCUT2D eigenvalue weighted by molar-refractivity contribution is -0.129. The SMILES string of the molecule is CC1(C)CC(=O)c2c(n(CCCCCC(=O)NO)c3cc(F)ccc23)C1. The van der Waals surface area contributed by atoms with Gasteiger partial charge in [0.15, 0.2) is 5.78 Å².